The minimum absolute atomic E-state index is 0.0483. The number of nitrogens with one attached hydrogen (secondary N) is 1. The molecule has 15 heavy (non-hydrogen) atoms. The molecular weight excluding hydrogens is 194 g/mol. The van der Waals surface area contributed by atoms with E-state index in [2.05, 4.69) is 5.32 Å². The smallest absolute Gasteiger partial charge is 0.304 e. The summed E-state index contributed by atoms with van der Waals surface area (Å²) in [5.74, 6) is -0.793. The van der Waals surface area contributed by atoms with Crippen molar-refractivity contribution >= 4 is 5.97 Å². The van der Waals surface area contributed by atoms with Crippen LogP contribution in [0.4, 0.5) is 0 Å². The predicted molar refractivity (Wildman–Crippen MR) is 56.3 cm³/mol. The monoisotopic (exact) mass is 209 g/mol. The normalized spacial score (nSPS) is 10.2. The molecule has 0 saturated carbocycles. The molecule has 4 nitrogen and oxygen atoms in total. The van der Waals surface area contributed by atoms with E-state index in [1.165, 1.54) is 0 Å². The Morgan fingerprint density at radius 1 is 1.20 bits per heavy atom. The van der Waals surface area contributed by atoms with Gasteiger partial charge in [-0.15, -0.1) is 0 Å². The fourth-order valence-corrected chi connectivity index (χ4v) is 1.19. The van der Waals surface area contributed by atoms with Crippen LogP contribution in [-0.2, 0) is 17.9 Å². The van der Waals surface area contributed by atoms with Gasteiger partial charge in [-0.25, -0.2) is 0 Å². The summed E-state index contributed by atoms with van der Waals surface area (Å²) < 4.78 is 0. The van der Waals surface area contributed by atoms with Crippen LogP contribution < -0.4 is 5.32 Å². The number of aliphatic hydroxyl groups excluding tert-OH is 1. The fraction of sp³-hybridized carbons (Fsp3) is 0.364. The van der Waals surface area contributed by atoms with Gasteiger partial charge >= 0.3 is 5.97 Å². The Balaban J connectivity index is 2.28. The zero-order chi connectivity index (χ0) is 11.1. The first-order valence-corrected chi connectivity index (χ1v) is 4.83. The number of hydrogen-bond donors (Lipinski definition) is 3. The third-order valence-electron chi connectivity index (χ3n) is 2.05. The van der Waals surface area contributed by atoms with Crippen molar-refractivity contribution in [3.8, 4) is 0 Å². The predicted octanol–water partition coefficient (Wildman–Crippen LogP) is 0.743. The number of benzene rings is 1. The summed E-state index contributed by atoms with van der Waals surface area (Å²) in [5, 5.41) is 20.3. The third kappa shape index (κ3) is 4.58. The van der Waals surface area contributed by atoms with Crippen LogP contribution in [0.1, 0.15) is 17.5 Å². The van der Waals surface area contributed by atoms with Crippen molar-refractivity contribution in [2.75, 3.05) is 6.54 Å². The van der Waals surface area contributed by atoms with E-state index in [1.54, 1.807) is 0 Å². The van der Waals surface area contributed by atoms with Gasteiger partial charge in [0.15, 0.2) is 0 Å². The Hall–Kier alpha value is -1.39. The van der Waals surface area contributed by atoms with Crippen LogP contribution in [0.5, 0.6) is 0 Å². The number of rotatable bonds is 6. The summed E-state index contributed by atoms with van der Waals surface area (Å²) in [6.07, 6.45) is 0.134. The van der Waals surface area contributed by atoms with Crippen molar-refractivity contribution in [2.24, 2.45) is 0 Å². The topological polar surface area (TPSA) is 69.6 Å². The van der Waals surface area contributed by atoms with Crippen molar-refractivity contribution in [1.82, 2.24) is 5.32 Å². The van der Waals surface area contributed by atoms with E-state index in [4.69, 9.17) is 10.2 Å². The molecule has 0 spiro atoms. The van der Waals surface area contributed by atoms with Crippen molar-refractivity contribution in [3.05, 3.63) is 35.4 Å². The lowest BCUT2D eigenvalue weighted by atomic mass is 10.1. The quantitative estimate of drug-likeness (QED) is 0.604. The van der Waals surface area contributed by atoms with Crippen LogP contribution in [0.15, 0.2) is 24.3 Å². The Morgan fingerprint density at radius 3 is 2.33 bits per heavy atom. The second kappa shape index (κ2) is 6.16. The molecule has 0 aliphatic carbocycles. The molecule has 0 fully saturated rings. The molecule has 0 amide bonds. The largest absolute Gasteiger partial charge is 0.481 e. The first-order chi connectivity index (χ1) is 7.22. The molecule has 0 saturated heterocycles. The fourth-order valence-electron chi connectivity index (χ4n) is 1.19. The lowest BCUT2D eigenvalue weighted by Gasteiger charge is -2.03. The van der Waals surface area contributed by atoms with E-state index in [0.29, 0.717) is 13.1 Å². The van der Waals surface area contributed by atoms with Crippen molar-refractivity contribution < 1.29 is 15.0 Å². The maximum atomic E-state index is 10.2. The zero-order valence-corrected chi connectivity index (χ0v) is 8.44. The first-order valence-electron chi connectivity index (χ1n) is 4.83. The number of carbonyl (C=O) groups is 1. The number of aliphatic hydroxyl groups is 1. The molecule has 0 aromatic heterocycles. The van der Waals surface area contributed by atoms with E-state index in [0.717, 1.165) is 11.1 Å². The Morgan fingerprint density at radius 2 is 1.80 bits per heavy atom. The molecule has 0 radical (unpaired) electrons. The highest BCUT2D eigenvalue weighted by molar-refractivity contribution is 5.66. The van der Waals surface area contributed by atoms with E-state index >= 15 is 0 Å². The number of carboxylic acid groups (broad SMARTS) is 1. The Bertz CT molecular complexity index is 308. The summed E-state index contributed by atoms with van der Waals surface area (Å²) in [5.41, 5.74) is 1.96. The molecule has 4 heteroatoms. The lowest BCUT2D eigenvalue weighted by molar-refractivity contribution is -0.136. The first kappa shape index (κ1) is 11.7. The SMILES string of the molecule is O=C(O)CCNCc1ccc(CO)cc1. The highest BCUT2D eigenvalue weighted by Crippen LogP contribution is 2.03. The standard InChI is InChI=1S/C11H15NO3/c13-8-10-3-1-9(2-4-10)7-12-6-5-11(14)15/h1-4,12-13H,5-8H2,(H,14,15). The third-order valence-corrected chi connectivity index (χ3v) is 2.05. The van der Waals surface area contributed by atoms with Crippen LogP contribution in [0.25, 0.3) is 0 Å². The maximum Gasteiger partial charge on any atom is 0.304 e. The van der Waals surface area contributed by atoms with Crippen molar-refractivity contribution in [1.29, 1.82) is 0 Å². The average Bonchev–Trinajstić information content (AvgIpc) is 2.25. The molecule has 1 rings (SSSR count). The van der Waals surface area contributed by atoms with Crippen LogP contribution in [0.3, 0.4) is 0 Å². The molecule has 0 bridgehead atoms. The summed E-state index contributed by atoms with van der Waals surface area (Å²) in [6, 6.07) is 7.54. The van der Waals surface area contributed by atoms with Gasteiger partial charge in [0.25, 0.3) is 0 Å². The van der Waals surface area contributed by atoms with Gasteiger partial charge in [0.1, 0.15) is 0 Å². The highest BCUT2D eigenvalue weighted by atomic mass is 16.4. The van der Waals surface area contributed by atoms with Gasteiger partial charge < -0.3 is 15.5 Å². The Labute approximate surface area is 88.6 Å². The molecule has 0 aliphatic rings. The summed E-state index contributed by atoms with van der Waals surface area (Å²) in [7, 11) is 0. The van der Waals surface area contributed by atoms with E-state index in [1.807, 2.05) is 24.3 Å². The van der Waals surface area contributed by atoms with E-state index in [9.17, 15) is 4.79 Å². The molecule has 3 N–H and O–H groups in total. The summed E-state index contributed by atoms with van der Waals surface area (Å²) >= 11 is 0. The lowest BCUT2D eigenvalue weighted by Crippen LogP contribution is -2.17. The van der Waals surface area contributed by atoms with Crippen LogP contribution in [0.2, 0.25) is 0 Å². The van der Waals surface area contributed by atoms with E-state index in [-0.39, 0.29) is 13.0 Å². The van der Waals surface area contributed by atoms with Gasteiger partial charge in [-0.05, 0) is 11.1 Å². The summed E-state index contributed by atoms with van der Waals surface area (Å²) in [4.78, 5) is 10.2. The second-order valence-electron chi connectivity index (χ2n) is 3.30. The van der Waals surface area contributed by atoms with Crippen molar-refractivity contribution in [2.45, 2.75) is 19.6 Å². The molecule has 0 atom stereocenters. The summed E-state index contributed by atoms with van der Waals surface area (Å²) in [6.45, 7) is 1.17. The minimum Gasteiger partial charge on any atom is -0.481 e. The zero-order valence-electron chi connectivity index (χ0n) is 8.44. The number of aliphatic carboxylic acids is 1. The van der Waals surface area contributed by atoms with Crippen molar-refractivity contribution in [3.63, 3.8) is 0 Å². The van der Waals surface area contributed by atoms with Gasteiger partial charge in [-0.2, -0.15) is 0 Å². The Kier molecular flexibility index (Phi) is 4.80. The van der Waals surface area contributed by atoms with Crippen LogP contribution in [-0.4, -0.2) is 22.7 Å². The molecule has 0 heterocycles. The van der Waals surface area contributed by atoms with Gasteiger partial charge in [0, 0.05) is 13.1 Å². The number of hydrogen-bond acceptors (Lipinski definition) is 3. The maximum absolute atomic E-state index is 10.2. The van der Waals surface area contributed by atoms with Crippen LogP contribution in [0, 0.1) is 0 Å². The van der Waals surface area contributed by atoms with Gasteiger partial charge in [0.2, 0.25) is 0 Å². The van der Waals surface area contributed by atoms with Gasteiger partial charge in [-0.3, -0.25) is 4.79 Å². The molecule has 82 valence electrons. The molecule has 1 aromatic rings. The average molecular weight is 209 g/mol. The van der Waals surface area contributed by atoms with Crippen LogP contribution >= 0.6 is 0 Å². The molecule has 1 aromatic carbocycles. The van der Waals surface area contributed by atoms with Gasteiger partial charge in [-0.1, -0.05) is 24.3 Å². The molecule has 0 aliphatic heterocycles. The number of carboxylic acids is 1. The second-order valence-corrected chi connectivity index (χ2v) is 3.30. The minimum atomic E-state index is -0.793. The van der Waals surface area contributed by atoms with E-state index < -0.39 is 5.97 Å². The molecule has 0 unspecified atom stereocenters. The van der Waals surface area contributed by atoms with Gasteiger partial charge in [0.05, 0.1) is 13.0 Å². The molecular formula is C11H15NO3. The highest BCUT2D eigenvalue weighted by Gasteiger charge is 1.96.